The van der Waals surface area contributed by atoms with Crippen LogP contribution < -0.4 is 0 Å². The van der Waals surface area contributed by atoms with Crippen molar-refractivity contribution in [3.63, 3.8) is 0 Å². The Labute approximate surface area is 358 Å². The molecule has 4 nitrogen and oxygen atoms in total. The van der Waals surface area contributed by atoms with Crippen molar-refractivity contribution in [2.45, 2.75) is 0 Å². The topological polar surface area (TPSA) is 51.6 Å². The molecule has 10 aromatic carbocycles. The molecule has 0 saturated carbocycles. The van der Waals surface area contributed by atoms with Crippen LogP contribution >= 0.6 is 0 Å². The Hall–Kier alpha value is -8.34. The van der Waals surface area contributed by atoms with Crippen LogP contribution in [0.3, 0.4) is 0 Å². The molecule has 62 heavy (non-hydrogen) atoms. The first-order valence-electron chi connectivity index (χ1n) is 21.0. The van der Waals surface area contributed by atoms with Crippen molar-refractivity contribution in [3.8, 4) is 67.5 Å². The molecule has 0 atom stereocenters. The van der Waals surface area contributed by atoms with Gasteiger partial charge in [0.2, 0.25) is 0 Å². The molecule has 0 bridgehead atoms. The summed E-state index contributed by atoms with van der Waals surface area (Å²) in [6.07, 6.45) is 0. The first kappa shape index (κ1) is 35.6. The number of rotatable bonds is 6. The van der Waals surface area contributed by atoms with Gasteiger partial charge in [-0.25, -0.2) is 19.9 Å². The number of fused-ring (bicyclic) bond motifs is 9. The maximum atomic E-state index is 5.53. The van der Waals surface area contributed by atoms with Crippen LogP contribution in [0.5, 0.6) is 0 Å². The number of hydrogen-bond acceptors (Lipinski definition) is 4. The minimum Gasteiger partial charge on any atom is -0.227 e. The maximum Gasteiger partial charge on any atom is 0.160 e. The second kappa shape index (κ2) is 14.7. The molecule has 0 saturated heterocycles. The van der Waals surface area contributed by atoms with Crippen molar-refractivity contribution in [2.24, 2.45) is 0 Å². The molecule has 2 aromatic heterocycles. The van der Waals surface area contributed by atoms with Gasteiger partial charge < -0.3 is 0 Å². The predicted octanol–water partition coefficient (Wildman–Crippen LogP) is 15.0. The predicted molar refractivity (Wildman–Crippen MR) is 258 cm³/mol. The second-order valence-electron chi connectivity index (χ2n) is 15.8. The fraction of sp³-hybridized carbons (Fsp3) is 0. The SMILES string of the molecule is c1ccc(-c2cccc(-c3nc(-c4cc(-c5ccccc5)cc(-c5nc(-c6ccccc6)nc6c7ccccc7c7ccccc7c56)c4)nc4c3ccc3ccccc34)c2)cc1. The summed E-state index contributed by atoms with van der Waals surface area (Å²) in [5.74, 6) is 1.32. The van der Waals surface area contributed by atoms with Gasteiger partial charge in [-0.1, -0.05) is 188 Å². The van der Waals surface area contributed by atoms with Crippen LogP contribution in [0, 0.1) is 0 Å². The van der Waals surface area contributed by atoms with E-state index >= 15 is 0 Å². The Kier molecular flexibility index (Phi) is 8.46. The molecule has 0 N–H and O–H groups in total. The smallest absolute Gasteiger partial charge is 0.160 e. The summed E-state index contributed by atoms with van der Waals surface area (Å²) in [5, 5.41) is 8.76. The standard InChI is InChI=1S/C58H36N4/c1-4-17-37(18-5-1)41-24-16-25-42(33-41)53-51-32-31-39-21-10-11-26-46(39)55(51)61-58(59-53)45-35-43(38-19-6-2-7-20-38)34-44(36-45)54-52-49-29-14-12-27-47(49)48-28-13-15-30-50(48)56(52)62-57(60-54)40-22-8-3-9-23-40/h1-36H. The highest BCUT2D eigenvalue weighted by Gasteiger charge is 2.21. The van der Waals surface area contributed by atoms with Crippen molar-refractivity contribution in [1.29, 1.82) is 0 Å². The van der Waals surface area contributed by atoms with Gasteiger partial charge in [0, 0.05) is 43.8 Å². The first-order chi connectivity index (χ1) is 30.7. The largest absolute Gasteiger partial charge is 0.227 e. The molecule has 0 spiro atoms. The molecular weight excluding hydrogens is 753 g/mol. The summed E-state index contributed by atoms with van der Waals surface area (Å²) < 4.78 is 0. The van der Waals surface area contributed by atoms with Crippen LogP contribution in [0.2, 0.25) is 0 Å². The van der Waals surface area contributed by atoms with E-state index in [1.165, 1.54) is 10.8 Å². The summed E-state index contributed by atoms with van der Waals surface area (Å²) in [6.45, 7) is 0. The van der Waals surface area contributed by atoms with Crippen LogP contribution in [0.4, 0.5) is 0 Å². The van der Waals surface area contributed by atoms with E-state index in [0.29, 0.717) is 11.6 Å². The van der Waals surface area contributed by atoms with Crippen molar-refractivity contribution >= 4 is 54.1 Å². The molecule has 0 aliphatic heterocycles. The Bertz CT molecular complexity index is 3680. The third kappa shape index (κ3) is 6.08. The van der Waals surface area contributed by atoms with Gasteiger partial charge in [0.25, 0.3) is 0 Å². The van der Waals surface area contributed by atoms with Gasteiger partial charge in [0.05, 0.1) is 22.4 Å². The molecule has 12 rings (SSSR count). The van der Waals surface area contributed by atoms with Gasteiger partial charge in [0.1, 0.15) is 0 Å². The van der Waals surface area contributed by atoms with Gasteiger partial charge in [-0.3, -0.25) is 0 Å². The molecule has 2 heterocycles. The molecule has 288 valence electrons. The third-order valence-corrected chi connectivity index (χ3v) is 12.0. The van der Waals surface area contributed by atoms with E-state index in [-0.39, 0.29) is 0 Å². The fourth-order valence-corrected chi connectivity index (χ4v) is 9.08. The molecule has 0 amide bonds. The van der Waals surface area contributed by atoms with Crippen molar-refractivity contribution < 1.29 is 0 Å². The lowest BCUT2D eigenvalue weighted by Gasteiger charge is -2.17. The lowest BCUT2D eigenvalue weighted by molar-refractivity contribution is 1.22. The van der Waals surface area contributed by atoms with Crippen LogP contribution in [-0.2, 0) is 0 Å². The Morgan fingerprint density at radius 2 is 0.710 bits per heavy atom. The van der Waals surface area contributed by atoms with Crippen LogP contribution in [0.15, 0.2) is 218 Å². The second-order valence-corrected chi connectivity index (χ2v) is 15.8. The zero-order valence-electron chi connectivity index (χ0n) is 33.6. The Morgan fingerprint density at radius 3 is 1.45 bits per heavy atom. The molecule has 0 aliphatic carbocycles. The van der Waals surface area contributed by atoms with E-state index in [0.717, 1.165) is 99.2 Å². The molecule has 12 aromatic rings. The van der Waals surface area contributed by atoms with Crippen molar-refractivity contribution in [2.75, 3.05) is 0 Å². The van der Waals surface area contributed by atoms with Gasteiger partial charge in [-0.05, 0) is 74.1 Å². The van der Waals surface area contributed by atoms with E-state index in [1.54, 1.807) is 0 Å². The zero-order chi connectivity index (χ0) is 41.0. The molecule has 4 heteroatoms. The van der Waals surface area contributed by atoms with Crippen LogP contribution in [0.1, 0.15) is 0 Å². The number of aromatic nitrogens is 4. The van der Waals surface area contributed by atoms with E-state index in [4.69, 9.17) is 19.9 Å². The zero-order valence-corrected chi connectivity index (χ0v) is 33.6. The molecular formula is C58H36N4. The average molecular weight is 789 g/mol. The lowest BCUT2D eigenvalue weighted by atomic mass is 9.92. The average Bonchev–Trinajstić information content (AvgIpc) is 3.36. The van der Waals surface area contributed by atoms with Crippen LogP contribution in [0.25, 0.3) is 122 Å². The van der Waals surface area contributed by atoms with E-state index < -0.39 is 0 Å². The number of hydrogen-bond donors (Lipinski definition) is 0. The molecule has 0 aliphatic rings. The molecule has 0 radical (unpaired) electrons. The maximum absolute atomic E-state index is 5.53. The first-order valence-corrected chi connectivity index (χ1v) is 21.0. The van der Waals surface area contributed by atoms with Crippen molar-refractivity contribution in [1.82, 2.24) is 19.9 Å². The Balaban J connectivity index is 1.18. The third-order valence-electron chi connectivity index (χ3n) is 12.0. The van der Waals surface area contributed by atoms with Crippen molar-refractivity contribution in [3.05, 3.63) is 218 Å². The summed E-state index contributed by atoms with van der Waals surface area (Å²) in [4.78, 5) is 21.9. The lowest BCUT2D eigenvalue weighted by Crippen LogP contribution is -1.99. The highest BCUT2D eigenvalue weighted by atomic mass is 14.9. The normalized spacial score (nSPS) is 11.5. The number of nitrogens with zero attached hydrogens (tertiary/aromatic N) is 4. The van der Waals surface area contributed by atoms with E-state index in [1.807, 2.05) is 18.2 Å². The molecule has 0 unspecified atom stereocenters. The number of benzene rings is 10. The molecule has 0 fully saturated rings. The van der Waals surface area contributed by atoms with Gasteiger partial charge in [0.15, 0.2) is 11.6 Å². The van der Waals surface area contributed by atoms with Gasteiger partial charge in [-0.15, -0.1) is 0 Å². The quantitative estimate of drug-likeness (QED) is 0.158. The Morgan fingerprint density at radius 1 is 0.226 bits per heavy atom. The minimum atomic E-state index is 0.643. The summed E-state index contributed by atoms with van der Waals surface area (Å²) in [6, 6.07) is 76.8. The highest BCUT2D eigenvalue weighted by Crippen LogP contribution is 2.42. The summed E-state index contributed by atoms with van der Waals surface area (Å²) in [7, 11) is 0. The monoisotopic (exact) mass is 788 g/mol. The fourth-order valence-electron chi connectivity index (χ4n) is 9.08. The van der Waals surface area contributed by atoms with E-state index in [9.17, 15) is 0 Å². The highest BCUT2D eigenvalue weighted by molar-refractivity contribution is 6.27. The van der Waals surface area contributed by atoms with Gasteiger partial charge >= 0.3 is 0 Å². The minimum absolute atomic E-state index is 0.643. The summed E-state index contributed by atoms with van der Waals surface area (Å²) >= 11 is 0. The van der Waals surface area contributed by atoms with E-state index in [2.05, 4.69) is 200 Å². The van der Waals surface area contributed by atoms with Crippen LogP contribution in [-0.4, -0.2) is 19.9 Å². The summed E-state index contributed by atoms with van der Waals surface area (Å²) in [5.41, 5.74) is 11.9. The van der Waals surface area contributed by atoms with Gasteiger partial charge in [-0.2, -0.15) is 0 Å².